The van der Waals surface area contributed by atoms with Crippen LogP contribution in [0.15, 0.2) is 12.3 Å². The summed E-state index contributed by atoms with van der Waals surface area (Å²) in [4.78, 5) is 19.8. The minimum atomic E-state index is -0.0163. The van der Waals surface area contributed by atoms with Crippen molar-refractivity contribution in [2.75, 3.05) is 43.9 Å². The van der Waals surface area contributed by atoms with Gasteiger partial charge in [0.1, 0.15) is 17.8 Å². The number of rotatable bonds is 5. The Kier molecular flexibility index (Phi) is 5.99. The number of anilines is 1. The van der Waals surface area contributed by atoms with Crippen molar-refractivity contribution >= 4 is 23.3 Å². The molecule has 1 fully saturated rings. The van der Waals surface area contributed by atoms with Crippen LogP contribution in [0, 0.1) is 11.3 Å². The van der Waals surface area contributed by atoms with Crippen molar-refractivity contribution in [2.24, 2.45) is 0 Å². The SMILES string of the molecule is CCNc1cc(CN2CCN(C(=O)CCl)CC2)c(C#N)cn1. The molecule has 0 spiro atoms. The number of nitriles is 1. The molecule has 2 rings (SSSR count). The maximum Gasteiger partial charge on any atom is 0.237 e. The van der Waals surface area contributed by atoms with Gasteiger partial charge < -0.3 is 10.2 Å². The van der Waals surface area contributed by atoms with E-state index in [0.717, 1.165) is 31.0 Å². The topological polar surface area (TPSA) is 72.3 Å². The Labute approximate surface area is 135 Å². The van der Waals surface area contributed by atoms with Crippen molar-refractivity contribution in [3.63, 3.8) is 0 Å². The standard InChI is InChI=1S/C15H20ClN5O/c1-2-18-14-7-12(13(9-17)10-19-14)11-20-3-5-21(6-4-20)15(22)8-16/h7,10H,2-6,8,11H2,1H3,(H,18,19). The summed E-state index contributed by atoms with van der Waals surface area (Å²) < 4.78 is 0. The van der Waals surface area contributed by atoms with Crippen LogP contribution in [0.4, 0.5) is 5.82 Å². The molecule has 1 aromatic heterocycles. The highest BCUT2D eigenvalue weighted by Gasteiger charge is 2.21. The second-order valence-electron chi connectivity index (χ2n) is 5.16. The summed E-state index contributed by atoms with van der Waals surface area (Å²) in [6, 6.07) is 4.12. The lowest BCUT2D eigenvalue weighted by Gasteiger charge is -2.34. The largest absolute Gasteiger partial charge is 0.370 e. The molecular weight excluding hydrogens is 302 g/mol. The number of nitrogens with one attached hydrogen (secondary N) is 1. The Morgan fingerprint density at radius 2 is 2.18 bits per heavy atom. The van der Waals surface area contributed by atoms with E-state index in [9.17, 15) is 10.1 Å². The summed E-state index contributed by atoms with van der Waals surface area (Å²) in [5.41, 5.74) is 1.56. The molecule has 0 saturated carbocycles. The van der Waals surface area contributed by atoms with E-state index in [4.69, 9.17) is 11.6 Å². The third kappa shape index (κ3) is 4.09. The summed E-state index contributed by atoms with van der Waals surface area (Å²) in [5, 5.41) is 12.4. The molecule has 0 aliphatic carbocycles. The number of hydrogen-bond donors (Lipinski definition) is 1. The predicted octanol–water partition coefficient (Wildman–Crippen LogP) is 1.27. The molecule has 0 radical (unpaired) electrons. The Hall–Kier alpha value is -1.84. The van der Waals surface area contributed by atoms with Crippen molar-refractivity contribution in [1.29, 1.82) is 5.26 Å². The zero-order chi connectivity index (χ0) is 15.9. The number of carbonyl (C=O) groups excluding carboxylic acids is 1. The summed E-state index contributed by atoms with van der Waals surface area (Å²) in [6.45, 7) is 6.41. The number of pyridine rings is 1. The Balaban J connectivity index is 2.01. The lowest BCUT2D eigenvalue weighted by molar-refractivity contribution is -0.130. The highest BCUT2D eigenvalue weighted by atomic mass is 35.5. The highest BCUT2D eigenvalue weighted by molar-refractivity contribution is 6.27. The molecule has 0 aromatic carbocycles. The van der Waals surface area contributed by atoms with E-state index >= 15 is 0 Å². The number of hydrogen-bond acceptors (Lipinski definition) is 5. The Morgan fingerprint density at radius 1 is 1.45 bits per heavy atom. The first-order chi connectivity index (χ1) is 10.7. The molecule has 118 valence electrons. The van der Waals surface area contributed by atoms with Crippen molar-refractivity contribution in [3.8, 4) is 6.07 Å². The fourth-order valence-corrected chi connectivity index (χ4v) is 2.66. The third-order valence-electron chi connectivity index (χ3n) is 3.70. The van der Waals surface area contributed by atoms with Gasteiger partial charge in [0, 0.05) is 45.5 Å². The quantitative estimate of drug-likeness (QED) is 0.827. The van der Waals surface area contributed by atoms with Crippen LogP contribution >= 0.6 is 11.6 Å². The van der Waals surface area contributed by atoms with Gasteiger partial charge >= 0.3 is 0 Å². The number of alkyl halides is 1. The number of aromatic nitrogens is 1. The van der Waals surface area contributed by atoms with E-state index in [1.807, 2.05) is 13.0 Å². The molecule has 6 nitrogen and oxygen atoms in total. The Morgan fingerprint density at radius 3 is 2.77 bits per heavy atom. The maximum atomic E-state index is 11.6. The normalized spacial score (nSPS) is 15.4. The van der Waals surface area contributed by atoms with Crippen LogP contribution < -0.4 is 5.32 Å². The van der Waals surface area contributed by atoms with E-state index in [1.54, 1.807) is 11.1 Å². The van der Waals surface area contributed by atoms with Gasteiger partial charge in [0.25, 0.3) is 0 Å². The fourth-order valence-electron chi connectivity index (χ4n) is 2.49. The molecule has 2 heterocycles. The van der Waals surface area contributed by atoms with E-state index in [0.29, 0.717) is 25.2 Å². The van der Waals surface area contributed by atoms with Crippen molar-refractivity contribution in [3.05, 3.63) is 23.4 Å². The minimum Gasteiger partial charge on any atom is -0.370 e. The number of piperazine rings is 1. The van der Waals surface area contributed by atoms with Gasteiger partial charge in [-0.15, -0.1) is 11.6 Å². The summed E-state index contributed by atoms with van der Waals surface area (Å²) in [7, 11) is 0. The highest BCUT2D eigenvalue weighted by Crippen LogP contribution is 2.16. The van der Waals surface area contributed by atoms with E-state index in [2.05, 4.69) is 21.3 Å². The monoisotopic (exact) mass is 321 g/mol. The molecule has 1 N–H and O–H groups in total. The number of halogens is 1. The molecule has 0 bridgehead atoms. The van der Waals surface area contributed by atoms with E-state index < -0.39 is 0 Å². The zero-order valence-electron chi connectivity index (χ0n) is 12.7. The van der Waals surface area contributed by atoms with Gasteiger partial charge in [-0.25, -0.2) is 4.98 Å². The van der Waals surface area contributed by atoms with Gasteiger partial charge in [-0.3, -0.25) is 9.69 Å². The lowest BCUT2D eigenvalue weighted by atomic mass is 10.1. The van der Waals surface area contributed by atoms with E-state index in [1.165, 1.54) is 0 Å². The second-order valence-corrected chi connectivity index (χ2v) is 5.43. The minimum absolute atomic E-state index is 0.0163. The summed E-state index contributed by atoms with van der Waals surface area (Å²) in [5.74, 6) is 0.805. The van der Waals surface area contributed by atoms with Crippen LogP contribution in [0.2, 0.25) is 0 Å². The molecule has 1 aliphatic heterocycles. The van der Waals surface area contributed by atoms with Gasteiger partial charge in [-0.2, -0.15) is 5.26 Å². The van der Waals surface area contributed by atoms with Gasteiger partial charge in [-0.05, 0) is 18.6 Å². The first kappa shape index (κ1) is 16.5. The second kappa shape index (κ2) is 7.97. The molecule has 1 saturated heterocycles. The van der Waals surface area contributed by atoms with Gasteiger partial charge in [0.2, 0.25) is 5.91 Å². The predicted molar refractivity (Wildman–Crippen MR) is 85.7 cm³/mol. The fraction of sp³-hybridized carbons (Fsp3) is 0.533. The third-order valence-corrected chi connectivity index (χ3v) is 3.93. The van der Waals surface area contributed by atoms with Gasteiger partial charge in [0.05, 0.1) is 5.56 Å². The molecule has 1 amide bonds. The summed E-state index contributed by atoms with van der Waals surface area (Å²) >= 11 is 5.58. The molecule has 1 aliphatic rings. The average molecular weight is 322 g/mol. The average Bonchev–Trinajstić information content (AvgIpc) is 2.55. The van der Waals surface area contributed by atoms with Gasteiger partial charge in [0.15, 0.2) is 0 Å². The molecule has 1 aromatic rings. The Bertz CT molecular complexity index is 564. The molecule has 22 heavy (non-hydrogen) atoms. The van der Waals surface area contributed by atoms with Crippen LogP contribution in [-0.2, 0) is 11.3 Å². The summed E-state index contributed by atoms with van der Waals surface area (Å²) in [6.07, 6.45) is 1.61. The van der Waals surface area contributed by atoms with Crippen molar-refractivity contribution < 1.29 is 4.79 Å². The zero-order valence-corrected chi connectivity index (χ0v) is 13.4. The first-order valence-electron chi connectivity index (χ1n) is 7.37. The number of nitrogens with zero attached hydrogens (tertiary/aromatic N) is 4. The number of carbonyl (C=O) groups is 1. The van der Waals surface area contributed by atoms with Gasteiger partial charge in [-0.1, -0.05) is 0 Å². The lowest BCUT2D eigenvalue weighted by Crippen LogP contribution is -2.48. The van der Waals surface area contributed by atoms with Crippen LogP contribution in [-0.4, -0.2) is 59.3 Å². The molecule has 0 atom stereocenters. The van der Waals surface area contributed by atoms with E-state index in [-0.39, 0.29) is 11.8 Å². The smallest absolute Gasteiger partial charge is 0.237 e. The maximum absolute atomic E-state index is 11.6. The van der Waals surface area contributed by atoms with Crippen molar-refractivity contribution in [1.82, 2.24) is 14.8 Å². The first-order valence-corrected chi connectivity index (χ1v) is 7.90. The van der Waals surface area contributed by atoms with Crippen LogP contribution in [0.5, 0.6) is 0 Å². The van der Waals surface area contributed by atoms with Crippen LogP contribution in [0.1, 0.15) is 18.1 Å². The van der Waals surface area contributed by atoms with Crippen LogP contribution in [0.25, 0.3) is 0 Å². The molecule has 7 heteroatoms. The van der Waals surface area contributed by atoms with Crippen LogP contribution in [0.3, 0.4) is 0 Å². The molecular formula is C15H20ClN5O. The molecule has 0 unspecified atom stereocenters. The van der Waals surface area contributed by atoms with Crippen molar-refractivity contribution in [2.45, 2.75) is 13.5 Å². The number of amides is 1.